The predicted molar refractivity (Wildman–Crippen MR) is 132 cm³/mol. The predicted octanol–water partition coefficient (Wildman–Crippen LogP) is 3.59. The Kier molecular flexibility index (Phi) is 5.21. The van der Waals surface area contributed by atoms with E-state index in [-0.39, 0.29) is 54.3 Å². The van der Waals surface area contributed by atoms with Crippen LogP contribution in [0.3, 0.4) is 0 Å². The van der Waals surface area contributed by atoms with E-state index >= 15 is 13.2 Å². The van der Waals surface area contributed by atoms with Crippen molar-refractivity contribution in [2.45, 2.75) is 31.1 Å². The highest BCUT2D eigenvalue weighted by molar-refractivity contribution is 5.96. The third-order valence-corrected chi connectivity index (χ3v) is 8.02. The Morgan fingerprint density at radius 1 is 1.05 bits per heavy atom. The minimum Gasteiger partial charge on any atom is -0.502 e. The standard InChI is InChI=1S/C27H22F4N4O4/c28-17-6-2-3-13-16(20(17)29)11-33-22-14(21(30)26(33)31)4-1-5-15(22)23(13)35-19-12-39-10-9-32(19)27(38)24-25(37)18(36)7-8-34(24)35/h1-5,7-8,19,21,23,26,37H,6,9-12H2. The zero-order valence-electron chi connectivity index (χ0n) is 20.4. The Balaban J connectivity index is 1.57. The Morgan fingerprint density at radius 3 is 2.67 bits per heavy atom. The van der Waals surface area contributed by atoms with Crippen LogP contribution in [0.2, 0.25) is 0 Å². The number of anilines is 1. The second kappa shape index (κ2) is 8.47. The Morgan fingerprint density at radius 2 is 1.85 bits per heavy atom. The third-order valence-electron chi connectivity index (χ3n) is 8.02. The Hall–Kier alpha value is -4.06. The highest BCUT2D eigenvalue weighted by atomic mass is 19.2. The number of alkyl halides is 2. The summed E-state index contributed by atoms with van der Waals surface area (Å²) in [6.07, 6.45) is -0.944. The van der Waals surface area contributed by atoms with Crippen LogP contribution in [0.4, 0.5) is 23.2 Å². The molecule has 0 bridgehead atoms. The molecule has 0 radical (unpaired) electrons. The molecule has 39 heavy (non-hydrogen) atoms. The number of nitrogens with zero attached hydrogens (tertiary/aromatic N) is 4. The van der Waals surface area contributed by atoms with Crippen LogP contribution < -0.4 is 15.3 Å². The van der Waals surface area contributed by atoms with Crippen molar-refractivity contribution >= 4 is 11.6 Å². The lowest BCUT2D eigenvalue weighted by molar-refractivity contribution is -0.0197. The van der Waals surface area contributed by atoms with Crippen molar-refractivity contribution in [1.82, 2.24) is 9.58 Å². The number of aromatic nitrogens is 1. The summed E-state index contributed by atoms with van der Waals surface area (Å²) < 4.78 is 68.0. The molecule has 202 valence electrons. The van der Waals surface area contributed by atoms with Crippen LogP contribution in [-0.2, 0) is 4.74 Å². The van der Waals surface area contributed by atoms with Crippen LogP contribution in [-0.4, -0.2) is 59.4 Å². The molecule has 0 spiro atoms. The average Bonchev–Trinajstić information content (AvgIpc) is 3.03. The molecule has 1 saturated heterocycles. The summed E-state index contributed by atoms with van der Waals surface area (Å²) in [5, 5.41) is 12.3. The molecule has 0 saturated carbocycles. The smallest absolute Gasteiger partial charge is 0.278 e. The normalized spacial score (nSPS) is 27.7. The lowest BCUT2D eigenvalue weighted by Crippen LogP contribution is -2.66. The number of carbonyl (C=O) groups excluding carboxylic acids is 1. The van der Waals surface area contributed by atoms with Crippen LogP contribution in [0.1, 0.15) is 40.2 Å². The van der Waals surface area contributed by atoms with E-state index in [0.29, 0.717) is 5.56 Å². The summed E-state index contributed by atoms with van der Waals surface area (Å²) in [5.41, 5.74) is -0.271. The minimum absolute atomic E-state index is 0.0176. The van der Waals surface area contributed by atoms with E-state index in [2.05, 4.69) is 0 Å². The number of allylic oxidation sites excluding steroid dienone is 2. The molecule has 5 aliphatic rings. The van der Waals surface area contributed by atoms with Gasteiger partial charge in [-0.2, -0.15) is 0 Å². The number of pyridine rings is 1. The second-order valence-corrected chi connectivity index (χ2v) is 10.0. The molecule has 12 heteroatoms. The van der Waals surface area contributed by atoms with Crippen molar-refractivity contribution in [3.8, 4) is 5.75 Å². The molecule has 2 aromatic rings. The van der Waals surface area contributed by atoms with E-state index in [0.717, 1.165) is 11.0 Å². The van der Waals surface area contributed by atoms with Gasteiger partial charge in [0.05, 0.1) is 18.9 Å². The van der Waals surface area contributed by atoms with Crippen LogP contribution in [0.25, 0.3) is 0 Å². The molecular formula is C27H22F4N4O4. The number of benzene rings is 1. The van der Waals surface area contributed by atoms with Crippen LogP contribution in [0.15, 0.2) is 70.2 Å². The minimum atomic E-state index is -2.12. The first-order chi connectivity index (χ1) is 18.8. The SMILES string of the molecule is O=C1c2c(O)c(=O)ccn2N(C2C3=C(CN4c5c(cccc52)C(F)C4F)C(F)=C(F)CC=C3)C2COCCN12. The van der Waals surface area contributed by atoms with Gasteiger partial charge >= 0.3 is 0 Å². The summed E-state index contributed by atoms with van der Waals surface area (Å²) in [6, 6.07) is 4.74. The highest BCUT2D eigenvalue weighted by Gasteiger charge is 2.50. The second-order valence-electron chi connectivity index (χ2n) is 10.0. The maximum absolute atomic E-state index is 15.6. The topological polar surface area (TPSA) is 78.2 Å². The number of amides is 1. The molecule has 1 amide bonds. The molecular weight excluding hydrogens is 520 g/mol. The lowest BCUT2D eigenvalue weighted by Gasteiger charge is -2.51. The van der Waals surface area contributed by atoms with E-state index in [4.69, 9.17) is 4.74 Å². The summed E-state index contributed by atoms with van der Waals surface area (Å²) in [7, 11) is 0. The number of hydrogen-bond acceptors (Lipinski definition) is 6. The van der Waals surface area contributed by atoms with Gasteiger partial charge in [-0.1, -0.05) is 30.4 Å². The Bertz CT molecular complexity index is 1580. The van der Waals surface area contributed by atoms with Crippen LogP contribution in [0, 0.1) is 0 Å². The number of morpholine rings is 1. The summed E-state index contributed by atoms with van der Waals surface area (Å²) in [4.78, 5) is 28.4. The number of carbonyl (C=O) groups is 1. The molecule has 7 rings (SSSR count). The van der Waals surface area contributed by atoms with E-state index in [1.165, 1.54) is 27.9 Å². The molecule has 1 aromatic carbocycles. The quantitative estimate of drug-likeness (QED) is 0.439. The number of ether oxygens (including phenoxy) is 1. The monoisotopic (exact) mass is 542 g/mol. The summed E-state index contributed by atoms with van der Waals surface area (Å²) in [6.45, 7) is -0.0701. The first kappa shape index (κ1) is 24.0. The fourth-order valence-electron chi connectivity index (χ4n) is 6.29. The number of para-hydroxylation sites is 1. The van der Waals surface area contributed by atoms with Crippen molar-refractivity contribution in [1.29, 1.82) is 0 Å². The molecule has 1 N–H and O–H groups in total. The van der Waals surface area contributed by atoms with E-state index in [1.54, 1.807) is 23.2 Å². The van der Waals surface area contributed by atoms with Gasteiger partial charge in [0.1, 0.15) is 18.0 Å². The fourth-order valence-corrected chi connectivity index (χ4v) is 6.29. The number of fused-ring (bicyclic) bond motifs is 2. The van der Waals surface area contributed by atoms with E-state index in [9.17, 15) is 19.1 Å². The van der Waals surface area contributed by atoms with Gasteiger partial charge in [-0.25, -0.2) is 17.6 Å². The van der Waals surface area contributed by atoms with Crippen molar-refractivity contribution in [2.75, 3.05) is 36.2 Å². The molecule has 5 heterocycles. The maximum Gasteiger partial charge on any atom is 0.278 e. The third kappa shape index (κ3) is 3.20. The van der Waals surface area contributed by atoms with Gasteiger partial charge in [-0.3, -0.25) is 19.3 Å². The van der Waals surface area contributed by atoms with Crippen molar-refractivity contribution in [3.63, 3.8) is 0 Å². The Labute approximate surface area is 219 Å². The lowest BCUT2D eigenvalue weighted by atomic mass is 9.91. The van der Waals surface area contributed by atoms with Crippen molar-refractivity contribution < 1.29 is 32.2 Å². The first-order valence-electron chi connectivity index (χ1n) is 12.5. The van der Waals surface area contributed by atoms with Gasteiger partial charge in [0.15, 0.2) is 23.4 Å². The number of halogens is 4. The van der Waals surface area contributed by atoms with Gasteiger partial charge in [0, 0.05) is 48.5 Å². The van der Waals surface area contributed by atoms with Gasteiger partial charge in [0.2, 0.25) is 11.7 Å². The zero-order valence-corrected chi connectivity index (χ0v) is 20.4. The zero-order chi connectivity index (χ0) is 27.2. The van der Waals surface area contributed by atoms with Crippen LogP contribution >= 0.6 is 0 Å². The molecule has 4 atom stereocenters. The largest absolute Gasteiger partial charge is 0.502 e. The molecule has 1 aromatic heterocycles. The molecule has 1 aliphatic carbocycles. The van der Waals surface area contributed by atoms with Crippen LogP contribution in [0.5, 0.6) is 5.75 Å². The fraction of sp³-hybridized carbons (Fsp3) is 0.333. The molecule has 4 aliphatic heterocycles. The number of hydrogen-bond donors (Lipinski definition) is 1. The average molecular weight is 542 g/mol. The number of aromatic hydroxyl groups is 1. The molecule has 1 fully saturated rings. The molecule has 8 nitrogen and oxygen atoms in total. The van der Waals surface area contributed by atoms with E-state index in [1.807, 2.05) is 0 Å². The summed E-state index contributed by atoms with van der Waals surface area (Å²) in [5.74, 6) is -3.55. The van der Waals surface area contributed by atoms with Gasteiger partial charge in [0.25, 0.3) is 5.91 Å². The van der Waals surface area contributed by atoms with Crippen molar-refractivity contribution in [3.05, 3.63) is 92.5 Å². The van der Waals surface area contributed by atoms with Crippen molar-refractivity contribution in [2.24, 2.45) is 0 Å². The van der Waals surface area contributed by atoms with E-state index < -0.39 is 60.0 Å². The summed E-state index contributed by atoms with van der Waals surface area (Å²) >= 11 is 0. The first-order valence-corrected chi connectivity index (χ1v) is 12.5. The highest BCUT2D eigenvalue weighted by Crippen LogP contribution is 2.53. The maximum atomic E-state index is 15.6. The van der Waals surface area contributed by atoms with Gasteiger partial charge < -0.3 is 19.6 Å². The number of rotatable bonds is 1. The molecule has 4 unspecified atom stereocenters. The van der Waals surface area contributed by atoms with Gasteiger partial charge in [-0.05, 0) is 5.57 Å². The van der Waals surface area contributed by atoms with Gasteiger partial charge in [-0.15, -0.1) is 0 Å².